The van der Waals surface area contributed by atoms with Crippen molar-refractivity contribution in [2.45, 2.75) is 40.0 Å². The summed E-state index contributed by atoms with van der Waals surface area (Å²) in [5.41, 5.74) is 0.204. The lowest BCUT2D eigenvalue weighted by molar-refractivity contribution is -0.137. The minimum absolute atomic E-state index is 0.0968. The molecule has 2 N–H and O–H groups in total. The van der Waals surface area contributed by atoms with E-state index >= 15 is 0 Å². The Hall–Kier alpha value is -1.26. The number of amides is 2. The zero-order chi connectivity index (χ0) is 13.5. The Bertz CT molecular complexity index is 259. The van der Waals surface area contributed by atoms with Gasteiger partial charge < -0.3 is 15.3 Å². The van der Waals surface area contributed by atoms with Crippen molar-refractivity contribution in [1.29, 1.82) is 0 Å². The van der Waals surface area contributed by atoms with E-state index in [0.717, 1.165) is 6.42 Å². The van der Waals surface area contributed by atoms with Gasteiger partial charge >= 0.3 is 12.0 Å². The van der Waals surface area contributed by atoms with Crippen LogP contribution in [0.4, 0.5) is 4.79 Å². The molecule has 0 aromatic carbocycles. The third-order valence-corrected chi connectivity index (χ3v) is 2.38. The van der Waals surface area contributed by atoms with Crippen molar-refractivity contribution in [2.24, 2.45) is 5.41 Å². The first-order valence-electron chi connectivity index (χ1n) is 5.93. The summed E-state index contributed by atoms with van der Waals surface area (Å²) < 4.78 is 0. The van der Waals surface area contributed by atoms with Crippen LogP contribution in [-0.2, 0) is 4.79 Å². The van der Waals surface area contributed by atoms with Crippen molar-refractivity contribution < 1.29 is 14.7 Å². The van der Waals surface area contributed by atoms with Crippen LogP contribution in [0.2, 0.25) is 0 Å². The zero-order valence-corrected chi connectivity index (χ0v) is 11.2. The fourth-order valence-corrected chi connectivity index (χ4v) is 1.25. The maximum Gasteiger partial charge on any atom is 0.317 e. The van der Waals surface area contributed by atoms with Crippen LogP contribution in [-0.4, -0.2) is 42.1 Å². The van der Waals surface area contributed by atoms with E-state index in [1.54, 1.807) is 7.05 Å². The Kier molecular flexibility index (Phi) is 6.61. The smallest absolute Gasteiger partial charge is 0.317 e. The Morgan fingerprint density at radius 3 is 2.35 bits per heavy atom. The molecule has 100 valence electrons. The highest BCUT2D eigenvalue weighted by atomic mass is 16.4. The first-order chi connectivity index (χ1) is 7.72. The van der Waals surface area contributed by atoms with Gasteiger partial charge in [-0.25, -0.2) is 4.79 Å². The summed E-state index contributed by atoms with van der Waals surface area (Å²) in [5, 5.41) is 11.3. The van der Waals surface area contributed by atoms with Crippen molar-refractivity contribution in [3.05, 3.63) is 0 Å². The van der Waals surface area contributed by atoms with Crippen molar-refractivity contribution >= 4 is 12.0 Å². The lowest BCUT2D eigenvalue weighted by atomic mass is 9.92. The number of nitrogens with zero attached hydrogens (tertiary/aromatic N) is 1. The van der Waals surface area contributed by atoms with Gasteiger partial charge in [-0.15, -0.1) is 0 Å². The molecule has 0 spiro atoms. The third kappa shape index (κ3) is 9.66. The summed E-state index contributed by atoms with van der Waals surface area (Å²) >= 11 is 0. The molecule has 5 nitrogen and oxygen atoms in total. The largest absolute Gasteiger partial charge is 0.481 e. The average molecular weight is 244 g/mol. The Morgan fingerprint density at radius 1 is 1.29 bits per heavy atom. The van der Waals surface area contributed by atoms with Gasteiger partial charge in [0.05, 0.1) is 0 Å². The molecule has 0 atom stereocenters. The van der Waals surface area contributed by atoms with E-state index in [1.165, 1.54) is 4.90 Å². The van der Waals surface area contributed by atoms with Crippen LogP contribution < -0.4 is 5.32 Å². The van der Waals surface area contributed by atoms with Crippen LogP contribution in [0.15, 0.2) is 0 Å². The molecule has 17 heavy (non-hydrogen) atoms. The predicted octanol–water partition coefficient (Wildman–Crippen LogP) is 1.93. The second-order valence-electron chi connectivity index (χ2n) is 5.46. The van der Waals surface area contributed by atoms with Crippen LogP contribution in [0.5, 0.6) is 0 Å². The molecule has 0 saturated heterocycles. The van der Waals surface area contributed by atoms with E-state index in [4.69, 9.17) is 5.11 Å². The van der Waals surface area contributed by atoms with Crippen molar-refractivity contribution in [1.82, 2.24) is 10.2 Å². The van der Waals surface area contributed by atoms with E-state index in [1.807, 2.05) is 0 Å². The number of carbonyl (C=O) groups excluding carboxylic acids is 1. The second kappa shape index (κ2) is 7.14. The summed E-state index contributed by atoms with van der Waals surface area (Å²) in [6.07, 6.45) is 1.50. The molecule has 0 saturated carbocycles. The van der Waals surface area contributed by atoms with Crippen molar-refractivity contribution in [3.63, 3.8) is 0 Å². The summed E-state index contributed by atoms with van der Waals surface area (Å²) in [5.74, 6) is -0.827. The van der Waals surface area contributed by atoms with Gasteiger partial charge in [0.2, 0.25) is 0 Å². The molecular formula is C12H24N2O3. The molecule has 5 heteroatoms. The van der Waals surface area contributed by atoms with E-state index < -0.39 is 5.97 Å². The minimum Gasteiger partial charge on any atom is -0.481 e. The molecule has 0 heterocycles. The third-order valence-electron chi connectivity index (χ3n) is 2.38. The van der Waals surface area contributed by atoms with E-state index in [9.17, 15) is 9.59 Å². The number of aliphatic carboxylic acids is 1. The van der Waals surface area contributed by atoms with Crippen LogP contribution in [0.25, 0.3) is 0 Å². The maximum absolute atomic E-state index is 11.6. The topological polar surface area (TPSA) is 69.6 Å². The summed E-state index contributed by atoms with van der Waals surface area (Å²) in [6, 6.07) is -0.139. The number of carbonyl (C=O) groups is 2. The molecule has 0 radical (unpaired) electrons. The number of hydrogen-bond donors (Lipinski definition) is 2. The molecule has 0 aliphatic carbocycles. The lowest BCUT2D eigenvalue weighted by Gasteiger charge is -2.21. The zero-order valence-electron chi connectivity index (χ0n) is 11.2. The average Bonchev–Trinajstić information content (AvgIpc) is 2.14. The predicted molar refractivity (Wildman–Crippen MR) is 67.0 cm³/mol. The molecule has 0 aromatic heterocycles. The molecule has 0 unspecified atom stereocenters. The number of hydrogen-bond acceptors (Lipinski definition) is 2. The number of urea groups is 1. The maximum atomic E-state index is 11.6. The highest BCUT2D eigenvalue weighted by molar-refractivity contribution is 5.73. The van der Waals surface area contributed by atoms with E-state index in [-0.39, 0.29) is 17.9 Å². The number of nitrogens with one attached hydrogen (secondary N) is 1. The fraction of sp³-hybridized carbons (Fsp3) is 0.833. The normalized spacial score (nSPS) is 11.1. The van der Waals surface area contributed by atoms with E-state index in [0.29, 0.717) is 19.5 Å². The fourth-order valence-electron chi connectivity index (χ4n) is 1.25. The molecule has 0 rings (SSSR count). The van der Waals surface area contributed by atoms with Gasteiger partial charge in [-0.3, -0.25) is 4.79 Å². The van der Waals surface area contributed by atoms with Gasteiger partial charge in [0, 0.05) is 26.6 Å². The van der Waals surface area contributed by atoms with Gasteiger partial charge in [-0.2, -0.15) is 0 Å². The van der Waals surface area contributed by atoms with Gasteiger partial charge in [0.15, 0.2) is 0 Å². The van der Waals surface area contributed by atoms with Crippen LogP contribution in [0.1, 0.15) is 40.0 Å². The van der Waals surface area contributed by atoms with Gasteiger partial charge in [0.25, 0.3) is 0 Å². The summed E-state index contributed by atoms with van der Waals surface area (Å²) in [4.78, 5) is 23.4. The van der Waals surface area contributed by atoms with Gasteiger partial charge in [-0.05, 0) is 18.3 Å². The molecular weight excluding hydrogens is 220 g/mol. The highest BCUT2D eigenvalue weighted by Crippen LogP contribution is 2.16. The summed E-state index contributed by atoms with van der Waals surface area (Å²) in [7, 11) is 1.67. The first-order valence-corrected chi connectivity index (χ1v) is 5.93. The van der Waals surface area contributed by atoms with Crippen LogP contribution in [0, 0.1) is 5.41 Å². The Morgan fingerprint density at radius 2 is 1.88 bits per heavy atom. The SMILES string of the molecule is CN(CCCC(=O)O)C(=O)NCCC(C)(C)C. The number of carboxylic acids is 1. The number of carboxylic acid groups (broad SMARTS) is 1. The van der Waals surface area contributed by atoms with Crippen molar-refractivity contribution in [3.8, 4) is 0 Å². The molecule has 0 aliphatic heterocycles. The Labute approximate surface area is 103 Å². The molecule has 0 aromatic rings. The van der Waals surface area contributed by atoms with Crippen molar-refractivity contribution in [2.75, 3.05) is 20.1 Å². The monoisotopic (exact) mass is 244 g/mol. The van der Waals surface area contributed by atoms with E-state index in [2.05, 4.69) is 26.1 Å². The van der Waals surface area contributed by atoms with Gasteiger partial charge in [-0.1, -0.05) is 20.8 Å². The minimum atomic E-state index is -0.827. The molecule has 0 aliphatic rings. The lowest BCUT2D eigenvalue weighted by Crippen LogP contribution is -2.39. The summed E-state index contributed by atoms with van der Waals surface area (Å²) in [6.45, 7) is 7.47. The standard InChI is InChI=1S/C12H24N2O3/c1-12(2,3)7-8-13-11(17)14(4)9-5-6-10(15)16/h5-9H2,1-4H3,(H,13,17)(H,15,16). The van der Waals surface area contributed by atoms with Crippen LogP contribution >= 0.6 is 0 Å². The molecule has 2 amide bonds. The van der Waals surface area contributed by atoms with Crippen LogP contribution in [0.3, 0.4) is 0 Å². The number of rotatable bonds is 6. The highest BCUT2D eigenvalue weighted by Gasteiger charge is 2.12. The Balaban J connectivity index is 3.71. The first kappa shape index (κ1) is 15.7. The molecule has 0 bridgehead atoms. The molecule has 0 fully saturated rings. The second-order valence-corrected chi connectivity index (χ2v) is 5.46. The quantitative estimate of drug-likeness (QED) is 0.750. The van der Waals surface area contributed by atoms with Gasteiger partial charge in [0.1, 0.15) is 0 Å².